The third-order valence-corrected chi connectivity index (χ3v) is 2.31. The van der Waals surface area contributed by atoms with Gasteiger partial charge in [0.2, 0.25) is 5.91 Å². The fourth-order valence-electron chi connectivity index (χ4n) is 1.39. The molecule has 0 bridgehead atoms. The second kappa shape index (κ2) is 3.07. The lowest BCUT2D eigenvalue weighted by Gasteiger charge is -2.27. The molecule has 2 nitrogen and oxygen atoms in total. The van der Waals surface area contributed by atoms with E-state index in [0.717, 1.165) is 13.0 Å². The summed E-state index contributed by atoms with van der Waals surface area (Å²) in [6, 6.07) is 0. The molecule has 1 saturated heterocycles. The summed E-state index contributed by atoms with van der Waals surface area (Å²) in [5.41, 5.74) is 1.18. The topological polar surface area (TPSA) is 29.1 Å². The average Bonchev–Trinajstić information content (AvgIpc) is 1.94. The van der Waals surface area contributed by atoms with Gasteiger partial charge >= 0.3 is 0 Å². The summed E-state index contributed by atoms with van der Waals surface area (Å²) in [7, 11) is 0. The van der Waals surface area contributed by atoms with Crippen molar-refractivity contribution in [3.8, 4) is 0 Å². The Balaban J connectivity index is 2.52. The number of carbonyl (C=O) groups is 1. The molecule has 0 spiro atoms. The van der Waals surface area contributed by atoms with Crippen LogP contribution in [0.2, 0.25) is 0 Å². The molecule has 0 aliphatic carbocycles. The van der Waals surface area contributed by atoms with Crippen LogP contribution in [-0.4, -0.2) is 12.5 Å². The maximum Gasteiger partial charge on any atom is 0.222 e. The van der Waals surface area contributed by atoms with Crippen molar-refractivity contribution < 1.29 is 4.79 Å². The number of hydrogen-bond donors (Lipinski definition) is 1. The third-order valence-electron chi connectivity index (χ3n) is 2.31. The van der Waals surface area contributed by atoms with E-state index >= 15 is 0 Å². The van der Waals surface area contributed by atoms with Crippen LogP contribution >= 0.6 is 0 Å². The molecule has 1 fully saturated rings. The Bertz CT molecular complexity index is 186. The lowest BCUT2D eigenvalue weighted by atomic mass is 9.87. The van der Waals surface area contributed by atoms with Gasteiger partial charge in [0.1, 0.15) is 0 Å². The zero-order chi connectivity index (χ0) is 8.43. The quantitative estimate of drug-likeness (QED) is 0.566. The third kappa shape index (κ3) is 1.82. The van der Waals surface area contributed by atoms with Gasteiger partial charge in [0.05, 0.1) is 0 Å². The van der Waals surface area contributed by atoms with Gasteiger partial charge in [-0.15, -0.1) is 0 Å². The van der Waals surface area contributed by atoms with Crippen LogP contribution in [0.3, 0.4) is 0 Å². The molecular weight excluding hydrogens is 138 g/mol. The van der Waals surface area contributed by atoms with Crippen LogP contribution in [-0.2, 0) is 4.79 Å². The molecule has 2 atom stereocenters. The van der Waals surface area contributed by atoms with Crippen molar-refractivity contribution in [3.05, 3.63) is 12.2 Å². The molecule has 0 aromatic carbocycles. The van der Waals surface area contributed by atoms with Crippen LogP contribution in [0.15, 0.2) is 12.2 Å². The van der Waals surface area contributed by atoms with E-state index in [4.69, 9.17) is 0 Å². The van der Waals surface area contributed by atoms with Gasteiger partial charge in [-0.05, 0) is 19.3 Å². The second-order valence-electron chi connectivity index (χ2n) is 3.43. The number of nitrogens with one attached hydrogen (secondary N) is 1. The highest BCUT2D eigenvalue weighted by atomic mass is 16.1. The molecule has 1 amide bonds. The first-order chi connectivity index (χ1) is 5.11. The van der Waals surface area contributed by atoms with E-state index in [1.165, 1.54) is 5.57 Å². The predicted molar refractivity (Wildman–Crippen MR) is 45.1 cm³/mol. The van der Waals surface area contributed by atoms with Crippen LogP contribution < -0.4 is 5.32 Å². The van der Waals surface area contributed by atoms with E-state index in [2.05, 4.69) is 11.9 Å². The average molecular weight is 153 g/mol. The summed E-state index contributed by atoms with van der Waals surface area (Å²) in [6.07, 6.45) is 0.959. The van der Waals surface area contributed by atoms with Crippen LogP contribution in [0.4, 0.5) is 0 Å². The molecule has 0 aromatic heterocycles. The van der Waals surface area contributed by atoms with E-state index in [9.17, 15) is 4.79 Å². The molecule has 1 aliphatic heterocycles. The standard InChI is InChI=1S/C9H15NO/c1-6(2)8-4-7(3)9(11)10-5-8/h7-8H,1,4-5H2,2-3H3,(H,10,11). The van der Waals surface area contributed by atoms with Crippen LogP contribution in [0, 0.1) is 11.8 Å². The highest BCUT2D eigenvalue weighted by Crippen LogP contribution is 2.21. The molecule has 1 heterocycles. The number of rotatable bonds is 1. The Morgan fingerprint density at radius 1 is 1.73 bits per heavy atom. The van der Waals surface area contributed by atoms with Crippen LogP contribution in [0.5, 0.6) is 0 Å². The van der Waals surface area contributed by atoms with Gasteiger partial charge in [-0.1, -0.05) is 19.1 Å². The Hall–Kier alpha value is -0.790. The van der Waals surface area contributed by atoms with Gasteiger partial charge in [0.15, 0.2) is 0 Å². The Kier molecular flexibility index (Phi) is 2.32. The van der Waals surface area contributed by atoms with Crippen molar-refractivity contribution in [3.63, 3.8) is 0 Å². The minimum absolute atomic E-state index is 0.158. The largest absolute Gasteiger partial charge is 0.355 e. The molecule has 0 radical (unpaired) electrons. The summed E-state index contributed by atoms with van der Waals surface area (Å²) in [6.45, 7) is 8.65. The maximum absolute atomic E-state index is 11.0. The normalized spacial score (nSPS) is 31.3. The summed E-state index contributed by atoms with van der Waals surface area (Å²) in [5, 5.41) is 2.86. The number of amides is 1. The first-order valence-corrected chi connectivity index (χ1v) is 4.04. The SMILES string of the molecule is C=C(C)C1CNC(=O)C(C)C1. The van der Waals surface area contributed by atoms with Crippen molar-refractivity contribution in [2.75, 3.05) is 6.54 Å². The molecule has 0 aromatic rings. The Labute approximate surface area is 67.7 Å². The highest BCUT2D eigenvalue weighted by molar-refractivity contribution is 5.79. The fraction of sp³-hybridized carbons (Fsp3) is 0.667. The molecule has 2 heteroatoms. The zero-order valence-electron chi connectivity index (χ0n) is 7.18. The van der Waals surface area contributed by atoms with Crippen molar-refractivity contribution in [2.24, 2.45) is 11.8 Å². The molecule has 1 rings (SSSR count). The van der Waals surface area contributed by atoms with E-state index in [0.29, 0.717) is 5.92 Å². The van der Waals surface area contributed by atoms with Gasteiger partial charge in [-0.3, -0.25) is 4.79 Å². The molecule has 62 valence electrons. The van der Waals surface area contributed by atoms with Crippen molar-refractivity contribution in [1.82, 2.24) is 5.32 Å². The smallest absolute Gasteiger partial charge is 0.222 e. The minimum Gasteiger partial charge on any atom is -0.355 e. The van der Waals surface area contributed by atoms with Gasteiger partial charge in [0.25, 0.3) is 0 Å². The van der Waals surface area contributed by atoms with E-state index in [1.807, 2.05) is 13.8 Å². The van der Waals surface area contributed by atoms with Gasteiger partial charge in [0, 0.05) is 12.5 Å². The van der Waals surface area contributed by atoms with Crippen molar-refractivity contribution >= 4 is 5.91 Å². The number of carbonyl (C=O) groups excluding carboxylic acids is 1. The first kappa shape index (κ1) is 8.31. The zero-order valence-corrected chi connectivity index (χ0v) is 7.18. The fourth-order valence-corrected chi connectivity index (χ4v) is 1.39. The van der Waals surface area contributed by atoms with Gasteiger partial charge in [-0.25, -0.2) is 0 Å². The van der Waals surface area contributed by atoms with Gasteiger partial charge < -0.3 is 5.32 Å². The highest BCUT2D eigenvalue weighted by Gasteiger charge is 2.24. The summed E-state index contributed by atoms with van der Waals surface area (Å²) >= 11 is 0. The van der Waals surface area contributed by atoms with E-state index in [1.54, 1.807) is 0 Å². The summed E-state index contributed by atoms with van der Waals surface area (Å²) in [4.78, 5) is 11.0. The second-order valence-corrected chi connectivity index (χ2v) is 3.43. The lowest BCUT2D eigenvalue weighted by Crippen LogP contribution is -2.40. The Morgan fingerprint density at radius 3 is 2.82 bits per heavy atom. The molecular formula is C9H15NO. The number of hydrogen-bond acceptors (Lipinski definition) is 1. The molecule has 0 saturated carbocycles. The van der Waals surface area contributed by atoms with Crippen molar-refractivity contribution in [2.45, 2.75) is 20.3 Å². The lowest BCUT2D eigenvalue weighted by molar-refractivity contribution is -0.126. The molecule has 1 N–H and O–H groups in total. The Morgan fingerprint density at radius 2 is 2.36 bits per heavy atom. The molecule has 2 unspecified atom stereocenters. The van der Waals surface area contributed by atoms with Crippen LogP contribution in [0.25, 0.3) is 0 Å². The monoisotopic (exact) mass is 153 g/mol. The number of piperidine rings is 1. The molecule has 1 aliphatic rings. The maximum atomic E-state index is 11.0. The van der Waals surface area contributed by atoms with Crippen LogP contribution in [0.1, 0.15) is 20.3 Å². The summed E-state index contributed by atoms with van der Waals surface area (Å²) < 4.78 is 0. The minimum atomic E-state index is 0.158. The van der Waals surface area contributed by atoms with Gasteiger partial charge in [-0.2, -0.15) is 0 Å². The van der Waals surface area contributed by atoms with E-state index < -0.39 is 0 Å². The van der Waals surface area contributed by atoms with Crippen molar-refractivity contribution in [1.29, 1.82) is 0 Å². The van der Waals surface area contributed by atoms with E-state index in [-0.39, 0.29) is 11.8 Å². The summed E-state index contributed by atoms with van der Waals surface area (Å²) in [5.74, 6) is 0.829. The molecule has 11 heavy (non-hydrogen) atoms. The first-order valence-electron chi connectivity index (χ1n) is 4.04. The predicted octanol–water partition coefficient (Wildman–Crippen LogP) is 1.33.